The molecule has 2 unspecified atom stereocenters. The third kappa shape index (κ3) is 3.56. The highest BCUT2D eigenvalue weighted by Crippen LogP contribution is 2.28. The first kappa shape index (κ1) is 16.4. The Balaban J connectivity index is 1.87. The molecule has 2 nitrogen and oxygen atoms in total. The van der Waals surface area contributed by atoms with Crippen molar-refractivity contribution in [2.75, 3.05) is 13.2 Å². The summed E-state index contributed by atoms with van der Waals surface area (Å²) in [7, 11) is 0. The molecule has 0 aliphatic rings. The van der Waals surface area contributed by atoms with Crippen LogP contribution < -0.4 is 0 Å². The Hall–Kier alpha value is -2.42. The summed E-state index contributed by atoms with van der Waals surface area (Å²) in [6.07, 6.45) is 0. The number of aliphatic hydroxyl groups excluding tert-OH is 2. The van der Waals surface area contributed by atoms with Crippen molar-refractivity contribution in [1.29, 1.82) is 0 Å². The minimum Gasteiger partial charge on any atom is -0.395 e. The van der Waals surface area contributed by atoms with Crippen molar-refractivity contribution in [3.05, 3.63) is 107 Å². The van der Waals surface area contributed by atoms with Crippen LogP contribution in [-0.4, -0.2) is 23.4 Å². The van der Waals surface area contributed by atoms with Crippen LogP contribution in [0.3, 0.4) is 0 Å². The van der Waals surface area contributed by atoms with Gasteiger partial charge in [-0.1, -0.05) is 84.9 Å². The van der Waals surface area contributed by atoms with Gasteiger partial charge in [-0.25, -0.2) is 0 Å². The number of aliphatic hydroxyl groups is 2. The molecular formula is C22H22O2. The van der Waals surface area contributed by atoms with Crippen LogP contribution in [0.15, 0.2) is 84.9 Å². The molecule has 0 aromatic heterocycles. The first-order chi connectivity index (χ1) is 11.8. The van der Waals surface area contributed by atoms with Gasteiger partial charge in [0.1, 0.15) is 0 Å². The molecule has 0 saturated heterocycles. The normalized spacial score (nSPS) is 13.4. The summed E-state index contributed by atoms with van der Waals surface area (Å²) in [6.45, 7) is 0.150. The smallest absolute Gasteiger partial charge is 0.0540 e. The summed E-state index contributed by atoms with van der Waals surface area (Å²) < 4.78 is 0. The molecule has 3 rings (SSSR count). The lowest BCUT2D eigenvalue weighted by Gasteiger charge is -2.18. The minimum absolute atomic E-state index is 0.0236. The Bertz CT molecular complexity index is 669. The molecule has 0 aliphatic carbocycles. The Morgan fingerprint density at radius 3 is 1.04 bits per heavy atom. The second kappa shape index (κ2) is 7.91. The highest BCUT2D eigenvalue weighted by atomic mass is 16.3. The van der Waals surface area contributed by atoms with E-state index in [1.54, 1.807) is 0 Å². The molecule has 0 spiro atoms. The van der Waals surface area contributed by atoms with Gasteiger partial charge in [0.15, 0.2) is 0 Å². The zero-order chi connectivity index (χ0) is 16.8. The summed E-state index contributed by atoms with van der Waals surface area (Å²) >= 11 is 0. The first-order valence-corrected chi connectivity index (χ1v) is 8.25. The van der Waals surface area contributed by atoms with Gasteiger partial charge in [-0.15, -0.1) is 0 Å². The predicted octanol–water partition coefficient (Wildman–Crippen LogP) is 3.94. The summed E-state index contributed by atoms with van der Waals surface area (Å²) in [4.78, 5) is 0. The van der Waals surface area contributed by atoms with Gasteiger partial charge in [0.2, 0.25) is 0 Å². The van der Waals surface area contributed by atoms with Crippen molar-refractivity contribution >= 4 is 0 Å². The van der Waals surface area contributed by atoms with Crippen molar-refractivity contribution in [2.24, 2.45) is 0 Å². The Morgan fingerprint density at radius 2 is 0.750 bits per heavy atom. The van der Waals surface area contributed by atoms with E-state index in [2.05, 4.69) is 24.3 Å². The van der Waals surface area contributed by atoms with E-state index in [1.807, 2.05) is 60.7 Å². The second-order valence-electron chi connectivity index (χ2n) is 5.96. The average Bonchev–Trinajstić information content (AvgIpc) is 2.66. The molecule has 2 N–H and O–H groups in total. The van der Waals surface area contributed by atoms with E-state index in [-0.39, 0.29) is 25.0 Å². The zero-order valence-corrected chi connectivity index (χ0v) is 13.5. The van der Waals surface area contributed by atoms with Crippen molar-refractivity contribution in [1.82, 2.24) is 0 Å². The molecule has 24 heavy (non-hydrogen) atoms. The van der Waals surface area contributed by atoms with Gasteiger partial charge in [0, 0.05) is 11.8 Å². The maximum absolute atomic E-state index is 9.80. The fourth-order valence-corrected chi connectivity index (χ4v) is 3.14. The molecule has 0 bridgehead atoms. The molecule has 0 amide bonds. The van der Waals surface area contributed by atoms with E-state index in [0.29, 0.717) is 0 Å². The molecule has 0 heterocycles. The molecular weight excluding hydrogens is 296 g/mol. The number of hydrogen-bond acceptors (Lipinski definition) is 2. The van der Waals surface area contributed by atoms with E-state index in [4.69, 9.17) is 0 Å². The maximum atomic E-state index is 9.80. The molecule has 0 fully saturated rings. The summed E-state index contributed by atoms with van der Waals surface area (Å²) in [6, 6.07) is 28.3. The molecule has 3 aromatic carbocycles. The molecule has 0 aliphatic heterocycles. The minimum atomic E-state index is -0.0236. The Morgan fingerprint density at radius 1 is 0.458 bits per heavy atom. The quantitative estimate of drug-likeness (QED) is 0.723. The highest BCUT2D eigenvalue weighted by Gasteiger charge is 2.16. The zero-order valence-electron chi connectivity index (χ0n) is 13.5. The SMILES string of the molecule is OCC(c1ccccc1)c1ccc(C(CO)c2ccccc2)cc1. The summed E-state index contributed by atoms with van der Waals surface area (Å²) in [5.74, 6) is -0.0471. The van der Waals surface area contributed by atoms with Gasteiger partial charge in [-0.2, -0.15) is 0 Å². The van der Waals surface area contributed by atoms with Crippen LogP contribution in [0.1, 0.15) is 34.1 Å². The van der Waals surface area contributed by atoms with E-state index in [9.17, 15) is 10.2 Å². The van der Waals surface area contributed by atoms with Gasteiger partial charge in [0.25, 0.3) is 0 Å². The largest absolute Gasteiger partial charge is 0.395 e. The van der Waals surface area contributed by atoms with Gasteiger partial charge >= 0.3 is 0 Å². The molecule has 0 saturated carbocycles. The van der Waals surface area contributed by atoms with Crippen LogP contribution in [0.5, 0.6) is 0 Å². The van der Waals surface area contributed by atoms with Gasteiger partial charge < -0.3 is 10.2 Å². The fraction of sp³-hybridized carbons (Fsp3) is 0.182. The van der Waals surface area contributed by atoms with Crippen LogP contribution in [0.2, 0.25) is 0 Å². The van der Waals surface area contributed by atoms with Gasteiger partial charge in [-0.05, 0) is 22.3 Å². The van der Waals surface area contributed by atoms with Crippen molar-refractivity contribution in [3.8, 4) is 0 Å². The number of hydrogen-bond donors (Lipinski definition) is 2. The lowest BCUT2D eigenvalue weighted by Crippen LogP contribution is -2.08. The van der Waals surface area contributed by atoms with Crippen LogP contribution in [0, 0.1) is 0 Å². The molecule has 3 aromatic rings. The molecule has 0 radical (unpaired) electrons. The monoisotopic (exact) mass is 318 g/mol. The summed E-state index contributed by atoms with van der Waals surface area (Å²) in [5, 5.41) is 19.6. The van der Waals surface area contributed by atoms with E-state index < -0.39 is 0 Å². The topological polar surface area (TPSA) is 40.5 Å². The lowest BCUT2D eigenvalue weighted by molar-refractivity contribution is 0.279. The van der Waals surface area contributed by atoms with Crippen molar-refractivity contribution in [2.45, 2.75) is 11.8 Å². The van der Waals surface area contributed by atoms with E-state index in [1.165, 1.54) is 0 Å². The summed E-state index contributed by atoms with van der Waals surface area (Å²) in [5.41, 5.74) is 4.37. The van der Waals surface area contributed by atoms with Gasteiger partial charge in [0.05, 0.1) is 13.2 Å². The fourth-order valence-electron chi connectivity index (χ4n) is 3.14. The lowest BCUT2D eigenvalue weighted by atomic mass is 9.88. The molecule has 2 atom stereocenters. The van der Waals surface area contributed by atoms with Crippen LogP contribution in [0.4, 0.5) is 0 Å². The van der Waals surface area contributed by atoms with Crippen LogP contribution >= 0.6 is 0 Å². The standard InChI is InChI=1S/C22H22O2/c23-15-21(17-7-3-1-4-8-17)19-11-13-20(14-12-19)22(16-24)18-9-5-2-6-10-18/h1-14,21-24H,15-16H2. The number of rotatable bonds is 6. The predicted molar refractivity (Wildman–Crippen MR) is 97.2 cm³/mol. The first-order valence-electron chi connectivity index (χ1n) is 8.25. The second-order valence-corrected chi connectivity index (χ2v) is 5.96. The number of benzene rings is 3. The van der Waals surface area contributed by atoms with Gasteiger partial charge in [-0.3, -0.25) is 0 Å². The van der Waals surface area contributed by atoms with Crippen LogP contribution in [-0.2, 0) is 0 Å². The van der Waals surface area contributed by atoms with Crippen LogP contribution in [0.25, 0.3) is 0 Å². The van der Waals surface area contributed by atoms with E-state index in [0.717, 1.165) is 22.3 Å². The molecule has 122 valence electrons. The maximum Gasteiger partial charge on any atom is 0.0540 e. The Labute approximate surface area is 143 Å². The Kier molecular flexibility index (Phi) is 5.42. The van der Waals surface area contributed by atoms with E-state index >= 15 is 0 Å². The molecule has 2 heteroatoms. The highest BCUT2D eigenvalue weighted by molar-refractivity contribution is 5.38. The average molecular weight is 318 g/mol. The van der Waals surface area contributed by atoms with Crippen molar-refractivity contribution < 1.29 is 10.2 Å². The third-order valence-electron chi connectivity index (χ3n) is 4.51. The third-order valence-corrected chi connectivity index (χ3v) is 4.51. The van der Waals surface area contributed by atoms with Crippen molar-refractivity contribution in [3.63, 3.8) is 0 Å².